The Morgan fingerprint density at radius 3 is 2.16 bits per heavy atom. The third-order valence-electron chi connectivity index (χ3n) is 4.05. The van der Waals surface area contributed by atoms with Crippen LogP contribution in [0.5, 0.6) is 0 Å². The summed E-state index contributed by atoms with van der Waals surface area (Å²) >= 11 is 0. The van der Waals surface area contributed by atoms with Gasteiger partial charge in [-0.05, 0) is 42.5 Å². The number of benzene rings is 2. The van der Waals surface area contributed by atoms with Gasteiger partial charge < -0.3 is 10.6 Å². The molecule has 0 atom stereocenters. The predicted molar refractivity (Wildman–Crippen MR) is 81.5 cm³/mol. The predicted octanol–water partition coefficient (Wildman–Crippen LogP) is 3.65. The number of hydrogen-bond donors (Lipinski definition) is 1. The van der Waals surface area contributed by atoms with Crippen molar-refractivity contribution in [3.63, 3.8) is 0 Å². The van der Waals surface area contributed by atoms with Gasteiger partial charge in [-0.15, -0.1) is 0 Å². The molecule has 98 valence electrons. The smallest absolute Gasteiger partial charge is 0.0366 e. The third kappa shape index (κ3) is 2.58. The molecule has 2 N–H and O–H groups in total. The van der Waals surface area contributed by atoms with Crippen LogP contribution in [-0.2, 0) is 0 Å². The molecule has 1 aliphatic rings. The van der Waals surface area contributed by atoms with Gasteiger partial charge in [0, 0.05) is 24.5 Å². The summed E-state index contributed by atoms with van der Waals surface area (Å²) in [4.78, 5) is 2.47. The highest BCUT2D eigenvalue weighted by Gasteiger charge is 2.21. The van der Waals surface area contributed by atoms with E-state index in [0.29, 0.717) is 5.92 Å². The second-order valence-electron chi connectivity index (χ2n) is 5.23. The lowest BCUT2D eigenvalue weighted by Gasteiger charge is -2.34. The molecule has 2 heteroatoms. The highest BCUT2D eigenvalue weighted by molar-refractivity contribution is 5.50. The van der Waals surface area contributed by atoms with Crippen molar-refractivity contribution < 1.29 is 0 Å². The molecule has 1 heterocycles. The first kappa shape index (κ1) is 12.1. The molecular weight excluding hydrogens is 232 g/mol. The zero-order valence-electron chi connectivity index (χ0n) is 11.1. The van der Waals surface area contributed by atoms with Crippen LogP contribution in [0.3, 0.4) is 0 Å². The largest absolute Gasteiger partial charge is 0.398 e. The lowest BCUT2D eigenvalue weighted by atomic mass is 9.88. The lowest BCUT2D eigenvalue weighted by Crippen LogP contribution is -2.32. The third-order valence-corrected chi connectivity index (χ3v) is 4.05. The van der Waals surface area contributed by atoms with Crippen molar-refractivity contribution in [2.45, 2.75) is 18.8 Å². The standard InChI is InChI=1S/C17H20N2/c18-17-9-5-4-8-16(17)14-10-12-19(13-11-14)15-6-2-1-3-7-15/h1-9,14H,10-13,18H2. The number of piperidine rings is 1. The summed E-state index contributed by atoms with van der Waals surface area (Å²) in [6, 6.07) is 19.0. The minimum atomic E-state index is 0.612. The van der Waals surface area contributed by atoms with E-state index in [1.807, 2.05) is 12.1 Å². The molecule has 0 aromatic heterocycles. The van der Waals surface area contributed by atoms with E-state index in [1.165, 1.54) is 24.1 Å². The summed E-state index contributed by atoms with van der Waals surface area (Å²) < 4.78 is 0. The summed E-state index contributed by atoms with van der Waals surface area (Å²) in [6.07, 6.45) is 2.37. The van der Waals surface area contributed by atoms with Gasteiger partial charge in [0.2, 0.25) is 0 Å². The van der Waals surface area contributed by atoms with Gasteiger partial charge in [0.15, 0.2) is 0 Å². The first-order valence-corrected chi connectivity index (χ1v) is 6.99. The molecule has 19 heavy (non-hydrogen) atoms. The fourth-order valence-electron chi connectivity index (χ4n) is 2.97. The quantitative estimate of drug-likeness (QED) is 0.827. The van der Waals surface area contributed by atoms with Crippen molar-refractivity contribution in [2.24, 2.45) is 0 Å². The monoisotopic (exact) mass is 252 g/mol. The lowest BCUT2D eigenvalue weighted by molar-refractivity contribution is 0.506. The normalized spacial score (nSPS) is 16.5. The minimum absolute atomic E-state index is 0.612. The second-order valence-corrected chi connectivity index (χ2v) is 5.23. The molecule has 3 rings (SSSR count). The molecule has 2 aromatic rings. The highest BCUT2D eigenvalue weighted by Crippen LogP contribution is 2.32. The minimum Gasteiger partial charge on any atom is -0.398 e. The zero-order valence-corrected chi connectivity index (χ0v) is 11.1. The van der Waals surface area contributed by atoms with Crippen molar-refractivity contribution in [1.29, 1.82) is 0 Å². The molecule has 2 nitrogen and oxygen atoms in total. The molecule has 0 bridgehead atoms. The van der Waals surface area contributed by atoms with Crippen LogP contribution in [0.1, 0.15) is 24.3 Å². The maximum Gasteiger partial charge on any atom is 0.0366 e. The molecule has 0 saturated carbocycles. The molecule has 0 radical (unpaired) electrons. The zero-order chi connectivity index (χ0) is 13.1. The topological polar surface area (TPSA) is 29.3 Å². The van der Waals surface area contributed by atoms with Crippen LogP contribution in [0, 0.1) is 0 Å². The Balaban J connectivity index is 1.69. The molecule has 0 spiro atoms. The Kier molecular flexibility index (Phi) is 3.41. The SMILES string of the molecule is Nc1ccccc1C1CCN(c2ccccc2)CC1. The number of nitrogen functional groups attached to an aromatic ring is 1. The maximum absolute atomic E-state index is 6.08. The van der Waals surface area contributed by atoms with Gasteiger partial charge in [-0.3, -0.25) is 0 Å². The van der Waals surface area contributed by atoms with E-state index in [4.69, 9.17) is 5.73 Å². The fraction of sp³-hybridized carbons (Fsp3) is 0.294. The van der Waals surface area contributed by atoms with Gasteiger partial charge >= 0.3 is 0 Å². The highest BCUT2D eigenvalue weighted by atomic mass is 15.1. The van der Waals surface area contributed by atoms with Crippen molar-refractivity contribution in [3.05, 3.63) is 60.2 Å². The molecule has 0 aliphatic carbocycles. The molecule has 0 unspecified atom stereocenters. The number of rotatable bonds is 2. The van der Waals surface area contributed by atoms with Crippen molar-refractivity contribution in [1.82, 2.24) is 0 Å². The van der Waals surface area contributed by atoms with E-state index in [-0.39, 0.29) is 0 Å². The van der Waals surface area contributed by atoms with E-state index < -0.39 is 0 Å². The van der Waals surface area contributed by atoms with Gasteiger partial charge in [0.05, 0.1) is 0 Å². The summed E-state index contributed by atoms with van der Waals surface area (Å²) in [5.74, 6) is 0.612. The van der Waals surface area contributed by atoms with Crippen LogP contribution in [0.15, 0.2) is 54.6 Å². The van der Waals surface area contributed by atoms with Crippen LogP contribution in [0.2, 0.25) is 0 Å². The molecule has 1 saturated heterocycles. The summed E-state index contributed by atoms with van der Waals surface area (Å²) in [7, 11) is 0. The maximum atomic E-state index is 6.08. The van der Waals surface area contributed by atoms with Gasteiger partial charge in [-0.1, -0.05) is 36.4 Å². The van der Waals surface area contributed by atoms with Crippen LogP contribution < -0.4 is 10.6 Å². The van der Waals surface area contributed by atoms with Crippen molar-refractivity contribution in [2.75, 3.05) is 23.7 Å². The van der Waals surface area contributed by atoms with Crippen LogP contribution in [-0.4, -0.2) is 13.1 Å². The fourth-order valence-corrected chi connectivity index (χ4v) is 2.97. The number of hydrogen-bond acceptors (Lipinski definition) is 2. The van der Waals surface area contributed by atoms with Crippen molar-refractivity contribution >= 4 is 11.4 Å². The van der Waals surface area contributed by atoms with E-state index in [1.54, 1.807) is 0 Å². The van der Waals surface area contributed by atoms with Gasteiger partial charge in [0.25, 0.3) is 0 Å². The average Bonchev–Trinajstić information content (AvgIpc) is 2.49. The second kappa shape index (κ2) is 5.35. The molecule has 2 aromatic carbocycles. The van der Waals surface area contributed by atoms with Crippen LogP contribution >= 0.6 is 0 Å². The van der Waals surface area contributed by atoms with E-state index in [2.05, 4.69) is 47.4 Å². The Labute approximate surface area is 114 Å². The molecular formula is C17H20N2. The number of para-hydroxylation sites is 2. The van der Waals surface area contributed by atoms with E-state index in [0.717, 1.165) is 18.8 Å². The number of nitrogens with zero attached hydrogens (tertiary/aromatic N) is 1. The molecule has 1 aliphatic heterocycles. The van der Waals surface area contributed by atoms with Crippen molar-refractivity contribution in [3.8, 4) is 0 Å². The molecule has 1 fully saturated rings. The van der Waals surface area contributed by atoms with Crippen LogP contribution in [0.4, 0.5) is 11.4 Å². The summed E-state index contributed by atoms with van der Waals surface area (Å²) in [5, 5.41) is 0. The van der Waals surface area contributed by atoms with Gasteiger partial charge in [-0.25, -0.2) is 0 Å². The first-order valence-electron chi connectivity index (χ1n) is 6.99. The van der Waals surface area contributed by atoms with E-state index in [9.17, 15) is 0 Å². The number of anilines is 2. The Morgan fingerprint density at radius 1 is 0.842 bits per heavy atom. The summed E-state index contributed by atoms with van der Waals surface area (Å²) in [5.41, 5.74) is 9.69. The average molecular weight is 252 g/mol. The first-order chi connectivity index (χ1) is 9.34. The number of nitrogens with two attached hydrogens (primary N) is 1. The molecule has 0 amide bonds. The van der Waals surface area contributed by atoms with Gasteiger partial charge in [-0.2, -0.15) is 0 Å². The van der Waals surface area contributed by atoms with Gasteiger partial charge in [0.1, 0.15) is 0 Å². The van der Waals surface area contributed by atoms with E-state index >= 15 is 0 Å². The Hall–Kier alpha value is -1.96. The summed E-state index contributed by atoms with van der Waals surface area (Å²) in [6.45, 7) is 2.23. The Bertz CT molecular complexity index is 528. The Morgan fingerprint density at radius 2 is 1.47 bits per heavy atom. The van der Waals surface area contributed by atoms with Crippen LogP contribution in [0.25, 0.3) is 0 Å².